The van der Waals surface area contributed by atoms with Crippen LogP contribution in [0.4, 0.5) is 5.69 Å². The Morgan fingerprint density at radius 2 is 1.75 bits per heavy atom. The van der Waals surface area contributed by atoms with Gasteiger partial charge in [-0.3, -0.25) is 14.6 Å². The molecule has 0 aliphatic rings. The van der Waals surface area contributed by atoms with E-state index in [2.05, 4.69) is 10.3 Å². The van der Waals surface area contributed by atoms with Gasteiger partial charge in [0.05, 0.1) is 6.54 Å². The summed E-state index contributed by atoms with van der Waals surface area (Å²) in [4.78, 5) is 30.0. The molecule has 0 bridgehead atoms. The van der Waals surface area contributed by atoms with E-state index >= 15 is 0 Å². The quantitative estimate of drug-likeness (QED) is 0.687. The number of hydrogen-bond donors (Lipinski definition) is 1. The molecule has 1 aromatic heterocycles. The Bertz CT molecular complexity index is 913. The molecule has 142 valence electrons. The third-order valence-electron chi connectivity index (χ3n) is 4.01. The van der Waals surface area contributed by atoms with Gasteiger partial charge in [0.1, 0.15) is 12.4 Å². The van der Waals surface area contributed by atoms with Crippen LogP contribution in [0, 0.1) is 0 Å². The van der Waals surface area contributed by atoms with Gasteiger partial charge in [-0.05, 0) is 42.5 Å². The summed E-state index contributed by atoms with van der Waals surface area (Å²) in [5.41, 5.74) is 2.15. The molecule has 0 radical (unpaired) electrons. The SMILES string of the molecule is CN(CC(=O)Nc1ccccc1)C(=O)c1ccc(OCc2cccnc2)cc1. The fourth-order valence-electron chi connectivity index (χ4n) is 2.57. The molecule has 0 aliphatic carbocycles. The van der Waals surface area contributed by atoms with Crippen molar-refractivity contribution in [3.05, 3.63) is 90.3 Å². The maximum atomic E-state index is 12.5. The molecule has 0 unspecified atom stereocenters. The lowest BCUT2D eigenvalue weighted by Gasteiger charge is -2.17. The summed E-state index contributed by atoms with van der Waals surface area (Å²) in [6.45, 7) is 0.369. The lowest BCUT2D eigenvalue weighted by molar-refractivity contribution is -0.116. The number of benzene rings is 2. The Balaban J connectivity index is 1.52. The molecule has 28 heavy (non-hydrogen) atoms. The van der Waals surface area contributed by atoms with Crippen molar-refractivity contribution in [1.29, 1.82) is 0 Å². The average molecular weight is 375 g/mol. The standard InChI is InChI=1S/C22H21N3O3/c1-25(15-21(26)24-19-7-3-2-4-8-19)22(27)18-9-11-20(12-10-18)28-16-17-6-5-13-23-14-17/h2-14H,15-16H2,1H3,(H,24,26). The van der Waals surface area contributed by atoms with Crippen molar-refractivity contribution >= 4 is 17.5 Å². The van der Waals surface area contributed by atoms with Crippen LogP contribution in [-0.4, -0.2) is 35.3 Å². The van der Waals surface area contributed by atoms with E-state index in [1.165, 1.54) is 4.90 Å². The minimum absolute atomic E-state index is 0.0347. The molecule has 0 aliphatic heterocycles. The van der Waals surface area contributed by atoms with Crippen LogP contribution in [0.5, 0.6) is 5.75 Å². The molecular weight excluding hydrogens is 354 g/mol. The summed E-state index contributed by atoms with van der Waals surface area (Å²) in [5, 5.41) is 2.76. The topological polar surface area (TPSA) is 71.5 Å². The number of para-hydroxylation sites is 1. The first-order valence-electron chi connectivity index (χ1n) is 8.84. The van der Waals surface area contributed by atoms with E-state index in [9.17, 15) is 9.59 Å². The zero-order valence-corrected chi connectivity index (χ0v) is 15.5. The number of carbonyl (C=O) groups is 2. The molecule has 0 spiro atoms. The average Bonchev–Trinajstić information content (AvgIpc) is 2.73. The lowest BCUT2D eigenvalue weighted by atomic mass is 10.2. The van der Waals surface area contributed by atoms with Crippen molar-refractivity contribution in [3.63, 3.8) is 0 Å². The normalized spacial score (nSPS) is 10.2. The minimum Gasteiger partial charge on any atom is -0.489 e. The molecule has 3 aromatic rings. The highest BCUT2D eigenvalue weighted by atomic mass is 16.5. The second-order valence-electron chi connectivity index (χ2n) is 6.25. The van der Waals surface area contributed by atoms with Gasteiger partial charge in [0.2, 0.25) is 5.91 Å². The molecule has 0 fully saturated rings. The smallest absolute Gasteiger partial charge is 0.254 e. The summed E-state index contributed by atoms with van der Waals surface area (Å²) >= 11 is 0. The van der Waals surface area contributed by atoms with Crippen LogP contribution in [0.15, 0.2) is 79.1 Å². The number of pyridine rings is 1. The fraction of sp³-hybridized carbons (Fsp3) is 0.136. The summed E-state index contributed by atoms with van der Waals surface area (Å²) < 4.78 is 5.69. The number of hydrogen-bond acceptors (Lipinski definition) is 4. The molecule has 0 atom stereocenters. The number of nitrogens with one attached hydrogen (secondary N) is 1. The summed E-state index contributed by atoms with van der Waals surface area (Å²) in [5.74, 6) is 0.172. The Hall–Kier alpha value is -3.67. The van der Waals surface area contributed by atoms with Gasteiger partial charge >= 0.3 is 0 Å². The molecule has 6 heteroatoms. The molecule has 2 aromatic carbocycles. The fourth-order valence-corrected chi connectivity index (χ4v) is 2.57. The van der Waals surface area contributed by atoms with E-state index < -0.39 is 0 Å². The second kappa shape index (κ2) is 9.32. The Morgan fingerprint density at radius 3 is 2.43 bits per heavy atom. The van der Waals surface area contributed by atoms with Gasteiger partial charge in [0.15, 0.2) is 0 Å². The van der Waals surface area contributed by atoms with Crippen molar-refractivity contribution in [3.8, 4) is 5.75 Å². The summed E-state index contributed by atoms with van der Waals surface area (Å²) in [7, 11) is 1.60. The largest absolute Gasteiger partial charge is 0.489 e. The Kier molecular flexibility index (Phi) is 6.36. The number of likely N-dealkylation sites (N-methyl/N-ethyl adjacent to an activating group) is 1. The van der Waals surface area contributed by atoms with E-state index in [-0.39, 0.29) is 18.4 Å². The summed E-state index contributed by atoms with van der Waals surface area (Å²) in [6, 6.07) is 19.8. The maximum Gasteiger partial charge on any atom is 0.254 e. The highest BCUT2D eigenvalue weighted by Crippen LogP contribution is 2.15. The zero-order valence-electron chi connectivity index (χ0n) is 15.5. The second-order valence-corrected chi connectivity index (χ2v) is 6.25. The number of rotatable bonds is 7. The predicted molar refractivity (Wildman–Crippen MR) is 107 cm³/mol. The maximum absolute atomic E-state index is 12.5. The van der Waals surface area contributed by atoms with Gasteiger partial charge in [-0.2, -0.15) is 0 Å². The first-order valence-corrected chi connectivity index (χ1v) is 8.84. The summed E-state index contributed by atoms with van der Waals surface area (Å²) in [6.07, 6.45) is 3.45. The third kappa shape index (κ3) is 5.41. The monoisotopic (exact) mass is 375 g/mol. The van der Waals surface area contributed by atoms with Crippen LogP contribution < -0.4 is 10.1 Å². The predicted octanol–water partition coefficient (Wildman–Crippen LogP) is 3.37. The molecular formula is C22H21N3O3. The van der Waals surface area contributed by atoms with Crippen LogP contribution in [0.3, 0.4) is 0 Å². The molecule has 6 nitrogen and oxygen atoms in total. The van der Waals surface area contributed by atoms with Crippen LogP contribution in [0.25, 0.3) is 0 Å². The third-order valence-corrected chi connectivity index (χ3v) is 4.01. The molecule has 0 saturated carbocycles. The highest BCUT2D eigenvalue weighted by Gasteiger charge is 2.15. The van der Waals surface area contributed by atoms with Gasteiger partial charge in [0, 0.05) is 36.3 Å². The molecule has 2 amide bonds. The number of amides is 2. The molecule has 1 heterocycles. The van der Waals surface area contributed by atoms with Crippen LogP contribution in [0.1, 0.15) is 15.9 Å². The molecule has 3 rings (SSSR count). The van der Waals surface area contributed by atoms with Crippen molar-refractivity contribution in [2.24, 2.45) is 0 Å². The molecule has 0 saturated heterocycles. The van der Waals surface area contributed by atoms with Crippen molar-refractivity contribution < 1.29 is 14.3 Å². The number of aromatic nitrogens is 1. The first kappa shape index (κ1) is 19.1. The van der Waals surface area contributed by atoms with Crippen LogP contribution in [-0.2, 0) is 11.4 Å². The Labute approximate surface area is 163 Å². The van der Waals surface area contributed by atoms with Gasteiger partial charge in [-0.1, -0.05) is 24.3 Å². The number of carbonyl (C=O) groups excluding carboxylic acids is 2. The van der Waals surface area contributed by atoms with Crippen molar-refractivity contribution in [1.82, 2.24) is 9.88 Å². The lowest BCUT2D eigenvalue weighted by Crippen LogP contribution is -2.34. The van der Waals surface area contributed by atoms with Gasteiger partial charge in [0.25, 0.3) is 5.91 Å². The van der Waals surface area contributed by atoms with Gasteiger partial charge < -0.3 is 15.0 Å². The van der Waals surface area contributed by atoms with Crippen LogP contribution >= 0.6 is 0 Å². The minimum atomic E-state index is -0.251. The van der Waals surface area contributed by atoms with Crippen molar-refractivity contribution in [2.75, 3.05) is 18.9 Å². The van der Waals surface area contributed by atoms with Crippen molar-refractivity contribution in [2.45, 2.75) is 6.61 Å². The number of anilines is 1. The zero-order chi connectivity index (χ0) is 19.8. The number of nitrogens with zero attached hydrogens (tertiary/aromatic N) is 2. The van der Waals surface area contributed by atoms with E-state index in [0.29, 0.717) is 23.6 Å². The van der Waals surface area contributed by atoms with E-state index in [1.54, 1.807) is 55.8 Å². The first-order chi connectivity index (χ1) is 13.6. The highest BCUT2D eigenvalue weighted by molar-refractivity contribution is 5.99. The van der Waals surface area contributed by atoms with Gasteiger partial charge in [-0.15, -0.1) is 0 Å². The van der Waals surface area contributed by atoms with E-state index in [1.807, 2.05) is 30.3 Å². The Morgan fingerprint density at radius 1 is 1.00 bits per heavy atom. The van der Waals surface area contributed by atoms with E-state index in [0.717, 1.165) is 5.56 Å². The number of ether oxygens (including phenoxy) is 1. The van der Waals surface area contributed by atoms with E-state index in [4.69, 9.17) is 4.74 Å². The van der Waals surface area contributed by atoms with Crippen LogP contribution in [0.2, 0.25) is 0 Å². The molecule has 1 N–H and O–H groups in total. The van der Waals surface area contributed by atoms with Gasteiger partial charge in [-0.25, -0.2) is 0 Å².